The fourth-order valence-corrected chi connectivity index (χ4v) is 3.39. The van der Waals surface area contributed by atoms with Crippen molar-refractivity contribution in [2.45, 2.75) is 19.3 Å². The Morgan fingerprint density at radius 3 is 2.48 bits per heavy atom. The van der Waals surface area contributed by atoms with Crippen molar-refractivity contribution in [2.24, 2.45) is 5.92 Å². The van der Waals surface area contributed by atoms with E-state index in [2.05, 4.69) is 10.6 Å². The summed E-state index contributed by atoms with van der Waals surface area (Å²) < 4.78 is 18.2. The molecule has 6 nitrogen and oxygen atoms in total. The zero-order valence-electron chi connectivity index (χ0n) is 16.5. The fraction of sp³-hybridized carbons (Fsp3) is 0.364. The number of hydrogen-bond donors (Lipinski definition) is 2. The molecule has 1 saturated heterocycles. The van der Waals surface area contributed by atoms with Gasteiger partial charge in [-0.2, -0.15) is 0 Å². The number of rotatable bonds is 6. The fourth-order valence-electron chi connectivity index (χ4n) is 3.39. The lowest BCUT2D eigenvalue weighted by Gasteiger charge is -2.32. The monoisotopic (exact) mass is 399 g/mol. The van der Waals surface area contributed by atoms with Crippen LogP contribution in [0.25, 0.3) is 0 Å². The highest BCUT2D eigenvalue weighted by atomic mass is 19.1. The van der Waals surface area contributed by atoms with E-state index < -0.39 is 0 Å². The zero-order valence-corrected chi connectivity index (χ0v) is 16.5. The molecular weight excluding hydrogens is 373 g/mol. The third kappa shape index (κ3) is 5.94. The van der Waals surface area contributed by atoms with Crippen LogP contribution in [0.1, 0.15) is 18.4 Å². The molecule has 29 heavy (non-hydrogen) atoms. The minimum absolute atomic E-state index is 0.0760. The van der Waals surface area contributed by atoms with Gasteiger partial charge >= 0.3 is 6.03 Å². The van der Waals surface area contributed by atoms with Crippen LogP contribution in [0.5, 0.6) is 5.75 Å². The molecule has 2 aromatic carbocycles. The number of benzene rings is 2. The van der Waals surface area contributed by atoms with Crippen molar-refractivity contribution in [1.82, 2.24) is 10.2 Å². The Bertz CT molecular complexity index is 833. The molecule has 7 heteroatoms. The summed E-state index contributed by atoms with van der Waals surface area (Å²) in [5.74, 6) is 0.575. The highest BCUT2D eigenvalue weighted by molar-refractivity contribution is 5.91. The summed E-state index contributed by atoms with van der Waals surface area (Å²) in [4.78, 5) is 26.4. The first kappa shape index (κ1) is 20.6. The molecule has 0 aromatic heterocycles. The minimum Gasteiger partial charge on any atom is -0.495 e. The van der Waals surface area contributed by atoms with Crippen LogP contribution in [0.15, 0.2) is 48.5 Å². The molecule has 0 aliphatic carbocycles. The molecule has 0 unspecified atom stereocenters. The standard InChI is InChI=1S/C22H26FN3O3/c1-29-20-5-3-2-4-19(20)25-22(28)26-12-10-17(11-13-26)15-24-21(27)14-16-6-8-18(23)9-7-16/h2-9,17H,10-15H2,1H3,(H,24,27)(H,25,28). The number of anilines is 1. The minimum atomic E-state index is -0.310. The van der Waals surface area contributed by atoms with Gasteiger partial charge in [0, 0.05) is 19.6 Å². The molecule has 1 aliphatic rings. The lowest BCUT2D eigenvalue weighted by Crippen LogP contribution is -2.43. The molecule has 3 amide bonds. The molecule has 154 valence electrons. The maximum Gasteiger partial charge on any atom is 0.321 e. The smallest absolute Gasteiger partial charge is 0.321 e. The number of likely N-dealkylation sites (tertiary alicyclic amines) is 1. The van der Waals surface area contributed by atoms with Crippen LogP contribution in [-0.2, 0) is 11.2 Å². The van der Waals surface area contributed by atoms with E-state index in [1.54, 1.807) is 36.3 Å². The second-order valence-electron chi connectivity index (χ2n) is 7.17. The van der Waals surface area contributed by atoms with Gasteiger partial charge in [-0.1, -0.05) is 24.3 Å². The van der Waals surface area contributed by atoms with Gasteiger partial charge in [0.15, 0.2) is 0 Å². The molecule has 1 heterocycles. The molecule has 0 spiro atoms. The first-order chi connectivity index (χ1) is 14.0. The van der Waals surface area contributed by atoms with E-state index in [1.165, 1.54) is 12.1 Å². The predicted molar refractivity (Wildman–Crippen MR) is 109 cm³/mol. The summed E-state index contributed by atoms with van der Waals surface area (Å²) in [7, 11) is 1.57. The summed E-state index contributed by atoms with van der Waals surface area (Å²) in [6.45, 7) is 1.86. The van der Waals surface area contributed by atoms with Crippen molar-refractivity contribution in [3.63, 3.8) is 0 Å². The second kappa shape index (κ2) is 9.91. The Morgan fingerprint density at radius 1 is 1.10 bits per heavy atom. The van der Waals surface area contributed by atoms with Crippen molar-refractivity contribution < 1.29 is 18.7 Å². The van der Waals surface area contributed by atoms with Gasteiger partial charge < -0.3 is 20.3 Å². The number of para-hydroxylation sites is 2. The number of methoxy groups -OCH3 is 1. The largest absolute Gasteiger partial charge is 0.495 e. The third-order valence-electron chi connectivity index (χ3n) is 5.12. The van der Waals surface area contributed by atoms with Crippen LogP contribution in [0, 0.1) is 11.7 Å². The number of hydrogen-bond acceptors (Lipinski definition) is 3. The lowest BCUT2D eigenvalue weighted by molar-refractivity contribution is -0.120. The van der Waals surface area contributed by atoms with E-state index in [0.29, 0.717) is 37.0 Å². The highest BCUT2D eigenvalue weighted by Crippen LogP contribution is 2.24. The van der Waals surface area contributed by atoms with Crippen LogP contribution >= 0.6 is 0 Å². The first-order valence-corrected chi connectivity index (χ1v) is 9.75. The molecule has 3 rings (SSSR count). The molecule has 0 radical (unpaired) electrons. The number of amides is 3. The quantitative estimate of drug-likeness (QED) is 0.782. The van der Waals surface area contributed by atoms with Crippen molar-refractivity contribution in [1.29, 1.82) is 0 Å². The number of nitrogens with one attached hydrogen (secondary N) is 2. The zero-order chi connectivity index (χ0) is 20.6. The number of halogens is 1. The maximum atomic E-state index is 12.9. The number of carbonyl (C=O) groups excluding carboxylic acids is 2. The van der Waals surface area contributed by atoms with Gasteiger partial charge in [0.2, 0.25) is 5.91 Å². The van der Waals surface area contributed by atoms with E-state index in [4.69, 9.17) is 4.74 Å². The summed E-state index contributed by atoms with van der Waals surface area (Å²) in [6.07, 6.45) is 1.90. The Kier molecular flexibility index (Phi) is 7.05. The average molecular weight is 399 g/mol. The Hall–Kier alpha value is -3.09. The van der Waals surface area contributed by atoms with E-state index in [9.17, 15) is 14.0 Å². The van der Waals surface area contributed by atoms with E-state index in [1.807, 2.05) is 12.1 Å². The predicted octanol–water partition coefficient (Wildman–Crippen LogP) is 3.44. The van der Waals surface area contributed by atoms with Gasteiger partial charge in [-0.25, -0.2) is 9.18 Å². The van der Waals surface area contributed by atoms with Crippen molar-refractivity contribution >= 4 is 17.6 Å². The van der Waals surface area contributed by atoms with Crippen molar-refractivity contribution in [2.75, 3.05) is 32.1 Å². The molecule has 0 bridgehead atoms. The normalized spacial score (nSPS) is 14.3. The third-order valence-corrected chi connectivity index (χ3v) is 5.12. The van der Waals surface area contributed by atoms with Gasteiger partial charge in [0.25, 0.3) is 0 Å². The Labute approximate surface area is 170 Å². The van der Waals surface area contributed by atoms with Crippen LogP contribution in [0.2, 0.25) is 0 Å². The molecular formula is C22H26FN3O3. The SMILES string of the molecule is COc1ccccc1NC(=O)N1CCC(CNC(=O)Cc2ccc(F)cc2)CC1. The maximum absolute atomic E-state index is 12.9. The number of carbonyl (C=O) groups is 2. The number of ether oxygens (including phenoxy) is 1. The molecule has 1 aliphatic heterocycles. The molecule has 2 aromatic rings. The summed E-state index contributed by atoms with van der Waals surface area (Å²) in [5, 5.41) is 5.84. The van der Waals surface area contributed by atoms with E-state index in [0.717, 1.165) is 18.4 Å². The highest BCUT2D eigenvalue weighted by Gasteiger charge is 2.23. The van der Waals surface area contributed by atoms with E-state index >= 15 is 0 Å². The lowest BCUT2D eigenvalue weighted by atomic mass is 9.97. The van der Waals surface area contributed by atoms with Crippen LogP contribution in [0.4, 0.5) is 14.9 Å². The van der Waals surface area contributed by atoms with Crippen LogP contribution in [-0.4, -0.2) is 43.6 Å². The van der Waals surface area contributed by atoms with Gasteiger partial charge in [-0.05, 0) is 48.6 Å². The second-order valence-corrected chi connectivity index (χ2v) is 7.17. The van der Waals surface area contributed by atoms with E-state index in [-0.39, 0.29) is 24.2 Å². The average Bonchev–Trinajstić information content (AvgIpc) is 2.74. The summed E-state index contributed by atoms with van der Waals surface area (Å²) in [5.41, 5.74) is 1.43. The number of piperidine rings is 1. The summed E-state index contributed by atoms with van der Waals surface area (Å²) >= 11 is 0. The number of urea groups is 1. The Balaban J connectivity index is 1.40. The van der Waals surface area contributed by atoms with Crippen LogP contribution < -0.4 is 15.4 Å². The van der Waals surface area contributed by atoms with Gasteiger partial charge in [-0.15, -0.1) is 0 Å². The first-order valence-electron chi connectivity index (χ1n) is 9.75. The molecule has 2 N–H and O–H groups in total. The van der Waals surface area contributed by atoms with Crippen LogP contribution in [0.3, 0.4) is 0 Å². The molecule has 0 atom stereocenters. The van der Waals surface area contributed by atoms with Crippen molar-refractivity contribution in [3.8, 4) is 5.75 Å². The van der Waals surface area contributed by atoms with Gasteiger partial charge in [-0.3, -0.25) is 4.79 Å². The van der Waals surface area contributed by atoms with Gasteiger partial charge in [0.1, 0.15) is 11.6 Å². The van der Waals surface area contributed by atoms with Crippen molar-refractivity contribution in [3.05, 3.63) is 59.9 Å². The topological polar surface area (TPSA) is 70.7 Å². The number of nitrogens with zero attached hydrogens (tertiary/aromatic N) is 1. The molecule has 0 saturated carbocycles. The Morgan fingerprint density at radius 2 is 1.79 bits per heavy atom. The van der Waals surface area contributed by atoms with Gasteiger partial charge in [0.05, 0.1) is 19.2 Å². The molecule has 1 fully saturated rings. The summed E-state index contributed by atoms with van der Waals surface area (Å²) in [6, 6.07) is 13.1.